The Morgan fingerprint density at radius 2 is 1.59 bits per heavy atom. The third kappa shape index (κ3) is 9.05. The number of benzene rings is 3. The van der Waals surface area contributed by atoms with E-state index in [4.69, 9.17) is 14.2 Å². The fraction of sp³-hybridized carbons (Fsp3) is 0.333. The number of carbonyl (C=O) groups is 4. The Hall–Kier alpha value is -4.90. The minimum absolute atomic E-state index is 0.0165. The lowest BCUT2D eigenvalue weighted by atomic mass is 9.97. The zero-order chi connectivity index (χ0) is 31.5. The normalized spacial score (nSPS) is 13.7. The number of aryl methyl sites for hydroxylation is 1. The van der Waals surface area contributed by atoms with E-state index in [0.717, 1.165) is 5.56 Å². The summed E-state index contributed by atoms with van der Waals surface area (Å²) in [6, 6.07) is 18.6. The molecular formula is C33H38N4O7. The van der Waals surface area contributed by atoms with Crippen LogP contribution in [0.1, 0.15) is 42.0 Å². The Kier molecular flexibility index (Phi) is 11.3. The van der Waals surface area contributed by atoms with E-state index in [1.54, 1.807) is 42.5 Å². The summed E-state index contributed by atoms with van der Waals surface area (Å²) < 4.78 is 15.6. The second-order valence-corrected chi connectivity index (χ2v) is 10.5. The van der Waals surface area contributed by atoms with E-state index in [0.29, 0.717) is 60.0 Å². The Morgan fingerprint density at radius 3 is 2.27 bits per heavy atom. The van der Waals surface area contributed by atoms with Gasteiger partial charge in [0.15, 0.2) is 0 Å². The molecule has 4 amide bonds. The van der Waals surface area contributed by atoms with Crippen molar-refractivity contribution in [3.8, 4) is 5.75 Å². The van der Waals surface area contributed by atoms with E-state index in [1.807, 2.05) is 31.2 Å². The van der Waals surface area contributed by atoms with Crippen LogP contribution in [0.5, 0.6) is 5.75 Å². The summed E-state index contributed by atoms with van der Waals surface area (Å²) in [5.41, 5.74) is 4.06. The summed E-state index contributed by atoms with van der Waals surface area (Å²) in [5.74, 6) is -0.566. The zero-order valence-electron chi connectivity index (χ0n) is 25.1. The molecule has 0 unspecified atom stereocenters. The molecule has 44 heavy (non-hydrogen) atoms. The molecule has 4 N–H and O–H groups in total. The molecule has 232 valence electrons. The average molecular weight is 603 g/mol. The molecule has 0 saturated carbocycles. The van der Waals surface area contributed by atoms with Gasteiger partial charge in [-0.25, -0.2) is 4.79 Å². The number of para-hydroxylation sites is 1. The molecule has 1 aliphatic rings. The highest BCUT2D eigenvalue weighted by molar-refractivity contribution is 6.01. The van der Waals surface area contributed by atoms with Crippen LogP contribution in [0, 0.1) is 12.8 Å². The van der Waals surface area contributed by atoms with Crippen LogP contribution >= 0.6 is 0 Å². The zero-order valence-corrected chi connectivity index (χ0v) is 25.1. The minimum Gasteiger partial charge on any atom is -0.495 e. The smallest absolute Gasteiger partial charge is 0.323 e. The maximum atomic E-state index is 12.8. The summed E-state index contributed by atoms with van der Waals surface area (Å²) in [5, 5.41) is 11.4. The summed E-state index contributed by atoms with van der Waals surface area (Å²) in [7, 11) is 2.80. The number of hydrogen-bond acceptors (Lipinski definition) is 7. The molecule has 0 aromatic heterocycles. The number of methoxy groups -OCH3 is 2. The van der Waals surface area contributed by atoms with Gasteiger partial charge >= 0.3 is 12.0 Å². The lowest BCUT2D eigenvalue weighted by Crippen LogP contribution is -2.37. The van der Waals surface area contributed by atoms with Gasteiger partial charge in [0.25, 0.3) is 0 Å². The topological polar surface area (TPSA) is 144 Å². The highest BCUT2D eigenvalue weighted by Crippen LogP contribution is 2.27. The van der Waals surface area contributed by atoms with E-state index in [2.05, 4.69) is 21.3 Å². The molecule has 4 rings (SSSR count). The fourth-order valence-corrected chi connectivity index (χ4v) is 4.88. The van der Waals surface area contributed by atoms with Gasteiger partial charge in [0.1, 0.15) is 5.75 Å². The van der Waals surface area contributed by atoms with Crippen molar-refractivity contribution >= 4 is 40.9 Å². The number of esters is 1. The molecule has 1 aliphatic heterocycles. The van der Waals surface area contributed by atoms with Crippen LogP contribution in [-0.4, -0.2) is 51.2 Å². The van der Waals surface area contributed by atoms with Crippen LogP contribution in [0.2, 0.25) is 0 Å². The Morgan fingerprint density at radius 1 is 0.886 bits per heavy atom. The summed E-state index contributed by atoms with van der Waals surface area (Å²) in [6.07, 6.45) is 1.32. The maximum Gasteiger partial charge on any atom is 0.323 e. The fourth-order valence-electron chi connectivity index (χ4n) is 4.88. The van der Waals surface area contributed by atoms with E-state index in [9.17, 15) is 19.2 Å². The number of nitrogens with one attached hydrogen (secondary N) is 4. The van der Waals surface area contributed by atoms with Gasteiger partial charge in [-0.15, -0.1) is 0 Å². The number of carbonyl (C=O) groups excluding carboxylic acids is 4. The maximum absolute atomic E-state index is 12.8. The molecule has 0 spiro atoms. The Bertz CT molecular complexity index is 1470. The predicted octanol–water partition coefficient (Wildman–Crippen LogP) is 4.98. The number of anilines is 3. The van der Waals surface area contributed by atoms with Crippen LogP contribution in [0.15, 0.2) is 66.7 Å². The third-order valence-corrected chi connectivity index (χ3v) is 7.38. The lowest BCUT2D eigenvalue weighted by Gasteiger charge is -2.25. The third-order valence-electron chi connectivity index (χ3n) is 7.38. The largest absolute Gasteiger partial charge is 0.495 e. The first-order valence-corrected chi connectivity index (χ1v) is 14.4. The van der Waals surface area contributed by atoms with Crippen LogP contribution in [-0.2, 0) is 30.3 Å². The first-order chi connectivity index (χ1) is 21.2. The van der Waals surface area contributed by atoms with Crippen LogP contribution in [0.3, 0.4) is 0 Å². The van der Waals surface area contributed by atoms with Crippen LogP contribution in [0.25, 0.3) is 0 Å². The molecule has 0 radical (unpaired) electrons. The van der Waals surface area contributed by atoms with Crippen molar-refractivity contribution in [3.63, 3.8) is 0 Å². The standard InChI is InChI=1S/C33H38N4O7/c1-21-6-4-5-7-26(21)36-33(41)37-27-13-8-22(18-29(27)42-2)19-30(38)34-25-11-9-23(10-12-25)28(20-31(39)43-3)35-32(40)24-14-16-44-17-15-24/h4-13,18,24,28H,14-17,19-20H2,1-3H3,(H,34,38)(H,35,40)(H2,36,37,41)/t28-/m1/s1. The van der Waals surface area contributed by atoms with Crippen molar-refractivity contribution in [2.75, 3.05) is 43.4 Å². The number of ether oxygens (including phenoxy) is 3. The van der Waals surface area contributed by atoms with E-state index in [-0.39, 0.29) is 30.6 Å². The van der Waals surface area contributed by atoms with Crippen molar-refractivity contribution in [1.29, 1.82) is 0 Å². The molecular weight excluding hydrogens is 564 g/mol. The molecule has 3 aromatic carbocycles. The Labute approximate surface area is 256 Å². The van der Waals surface area contributed by atoms with Gasteiger partial charge in [0.05, 0.1) is 38.8 Å². The van der Waals surface area contributed by atoms with Crippen molar-refractivity contribution < 1.29 is 33.4 Å². The van der Waals surface area contributed by atoms with Gasteiger partial charge < -0.3 is 35.5 Å². The molecule has 1 heterocycles. The summed E-state index contributed by atoms with van der Waals surface area (Å²) in [6.45, 7) is 2.97. The van der Waals surface area contributed by atoms with Crippen molar-refractivity contribution in [1.82, 2.24) is 5.32 Å². The van der Waals surface area contributed by atoms with Crippen molar-refractivity contribution in [3.05, 3.63) is 83.4 Å². The van der Waals surface area contributed by atoms with E-state index in [1.165, 1.54) is 14.2 Å². The number of hydrogen-bond donors (Lipinski definition) is 4. The molecule has 11 nitrogen and oxygen atoms in total. The lowest BCUT2D eigenvalue weighted by molar-refractivity contribution is -0.141. The summed E-state index contributed by atoms with van der Waals surface area (Å²) >= 11 is 0. The molecule has 11 heteroatoms. The number of urea groups is 1. The number of rotatable bonds is 11. The minimum atomic E-state index is -0.569. The molecule has 0 bridgehead atoms. The van der Waals surface area contributed by atoms with Gasteiger partial charge in [-0.05, 0) is 66.8 Å². The molecule has 3 aromatic rings. The van der Waals surface area contributed by atoms with Gasteiger partial charge in [-0.2, -0.15) is 0 Å². The number of amides is 4. The van der Waals surface area contributed by atoms with Gasteiger partial charge in [-0.3, -0.25) is 14.4 Å². The molecule has 0 aliphatic carbocycles. The van der Waals surface area contributed by atoms with E-state index < -0.39 is 18.0 Å². The highest BCUT2D eigenvalue weighted by atomic mass is 16.5. The first-order valence-electron chi connectivity index (χ1n) is 14.4. The van der Waals surface area contributed by atoms with Gasteiger partial charge in [-0.1, -0.05) is 36.4 Å². The van der Waals surface area contributed by atoms with Crippen molar-refractivity contribution in [2.45, 2.75) is 38.6 Å². The van der Waals surface area contributed by atoms with Gasteiger partial charge in [0, 0.05) is 30.5 Å². The van der Waals surface area contributed by atoms with Gasteiger partial charge in [0.2, 0.25) is 11.8 Å². The first kappa shape index (κ1) is 32.0. The molecule has 1 fully saturated rings. The second-order valence-electron chi connectivity index (χ2n) is 10.5. The van der Waals surface area contributed by atoms with E-state index >= 15 is 0 Å². The van der Waals surface area contributed by atoms with Crippen LogP contribution < -0.4 is 26.0 Å². The van der Waals surface area contributed by atoms with Crippen LogP contribution in [0.4, 0.5) is 21.9 Å². The second kappa shape index (κ2) is 15.5. The molecule has 1 saturated heterocycles. The molecule has 1 atom stereocenters. The highest BCUT2D eigenvalue weighted by Gasteiger charge is 2.26. The predicted molar refractivity (Wildman–Crippen MR) is 167 cm³/mol. The average Bonchev–Trinajstić information content (AvgIpc) is 3.03. The SMILES string of the molecule is COC(=O)C[C@@H](NC(=O)C1CCOCC1)c1ccc(NC(=O)Cc2ccc(NC(=O)Nc3ccccc3C)c(OC)c2)cc1. The Balaban J connectivity index is 1.35. The summed E-state index contributed by atoms with van der Waals surface area (Å²) in [4.78, 5) is 50.3. The van der Waals surface area contributed by atoms with Crippen molar-refractivity contribution in [2.24, 2.45) is 5.92 Å². The monoisotopic (exact) mass is 602 g/mol. The quantitative estimate of drug-likeness (QED) is 0.227.